The molecule has 1 heterocycles. The van der Waals surface area contributed by atoms with Gasteiger partial charge in [0.2, 0.25) is 0 Å². The van der Waals surface area contributed by atoms with Gasteiger partial charge < -0.3 is 4.90 Å². The normalized spacial score (nSPS) is 20.1. The van der Waals surface area contributed by atoms with Gasteiger partial charge in [-0.1, -0.05) is 23.8 Å². The smallest absolute Gasteiger partial charge is 0.176 e. The first kappa shape index (κ1) is 14.2. The molecular weight excluding hydrogens is 236 g/mol. The fourth-order valence-electron chi connectivity index (χ4n) is 2.83. The fourth-order valence-corrected chi connectivity index (χ4v) is 2.83. The van der Waals surface area contributed by atoms with E-state index in [9.17, 15) is 4.79 Å². The van der Waals surface area contributed by atoms with Crippen molar-refractivity contribution in [1.82, 2.24) is 9.80 Å². The standard InChI is InChI=1S/C16H24N2O/c1-13-6-4-7-14(10-13)16(19)12-18-9-5-8-15(18)11-17(2)3/h4,6-7,10,15H,5,8-9,11-12H2,1-3H3. The van der Waals surface area contributed by atoms with E-state index in [-0.39, 0.29) is 5.78 Å². The maximum atomic E-state index is 12.3. The highest BCUT2D eigenvalue weighted by atomic mass is 16.1. The molecule has 1 aliphatic heterocycles. The lowest BCUT2D eigenvalue weighted by atomic mass is 10.1. The third-order valence-electron chi connectivity index (χ3n) is 3.76. The molecule has 1 aromatic rings. The Morgan fingerprint density at radius 2 is 2.21 bits per heavy atom. The maximum absolute atomic E-state index is 12.3. The molecule has 0 bridgehead atoms. The molecule has 1 aliphatic rings. The third kappa shape index (κ3) is 3.88. The maximum Gasteiger partial charge on any atom is 0.176 e. The lowest BCUT2D eigenvalue weighted by Crippen LogP contribution is -2.40. The van der Waals surface area contributed by atoms with Gasteiger partial charge in [-0.25, -0.2) is 0 Å². The highest BCUT2D eigenvalue weighted by Gasteiger charge is 2.26. The summed E-state index contributed by atoms with van der Waals surface area (Å²) in [6.07, 6.45) is 2.42. The number of carbonyl (C=O) groups is 1. The monoisotopic (exact) mass is 260 g/mol. The number of hydrogen-bond donors (Lipinski definition) is 0. The average Bonchev–Trinajstić information content (AvgIpc) is 2.75. The molecule has 19 heavy (non-hydrogen) atoms. The van der Waals surface area contributed by atoms with Crippen LogP contribution >= 0.6 is 0 Å². The van der Waals surface area contributed by atoms with Crippen molar-refractivity contribution in [1.29, 1.82) is 0 Å². The van der Waals surface area contributed by atoms with Crippen molar-refractivity contribution in [2.24, 2.45) is 0 Å². The molecule has 1 saturated heterocycles. The molecule has 104 valence electrons. The van der Waals surface area contributed by atoms with E-state index < -0.39 is 0 Å². The first-order chi connectivity index (χ1) is 9.06. The van der Waals surface area contributed by atoms with Crippen LogP contribution < -0.4 is 0 Å². The van der Waals surface area contributed by atoms with Crippen LogP contribution in [0.3, 0.4) is 0 Å². The minimum atomic E-state index is 0.245. The van der Waals surface area contributed by atoms with E-state index in [0.717, 1.165) is 24.2 Å². The highest BCUT2D eigenvalue weighted by Crippen LogP contribution is 2.18. The summed E-state index contributed by atoms with van der Waals surface area (Å²) in [4.78, 5) is 16.9. The molecule has 2 rings (SSSR count). The second kappa shape index (κ2) is 6.31. The number of carbonyl (C=O) groups excluding carboxylic acids is 1. The van der Waals surface area contributed by atoms with Crippen molar-refractivity contribution >= 4 is 5.78 Å². The molecule has 1 fully saturated rings. The largest absolute Gasteiger partial charge is 0.308 e. The van der Waals surface area contributed by atoms with E-state index in [1.807, 2.05) is 31.2 Å². The predicted octanol–water partition coefficient (Wildman–Crippen LogP) is 2.20. The van der Waals surface area contributed by atoms with Crippen LogP contribution in [-0.2, 0) is 0 Å². The second-order valence-electron chi connectivity index (χ2n) is 5.82. The molecule has 3 heteroatoms. The van der Waals surface area contributed by atoms with Crippen molar-refractivity contribution in [3.05, 3.63) is 35.4 Å². The molecule has 1 atom stereocenters. The van der Waals surface area contributed by atoms with Crippen LogP contribution in [0, 0.1) is 6.92 Å². The van der Waals surface area contributed by atoms with Gasteiger partial charge in [-0.3, -0.25) is 9.69 Å². The van der Waals surface area contributed by atoms with E-state index in [1.54, 1.807) is 0 Å². The minimum Gasteiger partial charge on any atom is -0.308 e. The van der Waals surface area contributed by atoms with Crippen LogP contribution in [0.2, 0.25) is 0 Å². The molecule has 0 amide bonds. The molecule has 1 aromatic carbocycles. The molecular formula is C16H24N2O. The number of aryl methyl sites for hydroxylation is 1. The third-order valence-corrected chi connectivity index (χ3v) is 3.76. The van der Waals surface area contributed by atoms with Crippen LogP contribution in [0.5, 0.6) is 0 Å². The van der Waals surface area contributed by atoms with Crippen LogP contribution in [0.4, 0.5) is 0 Å². The minimum absolute atomic E-state index is 0.245. The Labute approximate surface area is 116 Å². The Morgan fingerprint density at radius 3 is 2.89 bits per heavy atom. The number of Topliss-reactive ketones (excluding diaryl/α,β-unsaturated/α-hetero) is 1. The summed E-state index contributed by atoms with van der Waals surface area (Å²) < 4.78 is 0. The predicted molar refractivity (Wildman–Crippen MR) is 78.7 cm³/mol. The Bertz CT molecular complexity index is 442. The molecule has 0 N–H and O–H groups in total. The summed E-state index contributed by atoms with van der Waals surface area (Å²) in [5, 5.41) is 0. The summed E-state index contributed by atoms with van der Waals surface area (Å²) in [5.74, 6) is 0.245. The molecule has 0 aliphatic carbocycles. The number of hydrogen-bond acceptors (Lipinski definition) is 3. The van der Waals surface area contributed by atoms with Crippen LogP contribution in [0.1, 0.15) is 28.8 Å². The summed E-state index contributed by atoms with van der Waals surface area (Å²) in [5.41, 5.74) is 1.99. The van der Waals surface area contributed by atoms with Crippen molar-refractivity contribution in [3.8, 4) is 0 Å². The SMILES string of the molecule is Cc1cccc(C(=O)CN2CCCC2CN(C)C)c1. The molecule has 1 unspecified atom stereocenters. The summed E-state index contributed by atoms with van der Waals surface area (Å²) in [6, 6.07) is 8.43. The van der Waals surface area contributed by atoms with Gasteiger partial charge in [-0.2, -0.15) is 0 Å². The Hall–Kier alpha value is -1.19. The summed E-state index contributed by atoms with van der Waals surface area (Å²) in [7, 11) is 4.19. The number of likely N-dealkylation sites (tertiary alicyclic amines) is 1. The number of benzene rings is 1. The quantitative estimate of drug-likeness (QED) is 0.758. The number of rotatable bonds is 5. The van der Waals surface area contributed by atoms with E-state index in [4.69, 9.17) is 0 Å². The first-order valence-corrected chi connectivity index (χ1v) is 7.05. The zero-order chi connectivity index (χ0) is 13.8. The van der Waals surface area contributed by atoms with Gasteiger partial charge in [0.1, 0.15) is 0 Å². The van der Waals surface area contributed by atoms with Gasteiger partial charge in [-0.15, -0.1) is 0 Å². The molecule has 0 radical (unpaired) electrons. The van der Waals surface area contributed by atoms with Gasteiger partial charge in [0, 0.05) is 18.2 Å². The number of ketones is 1. The Morgan fingerprint density at radius 1 is 1.42 bits per heavy atom. The van der Waals surface area contributed by atoms with Crippen molar-refractivity contribution < 1.29 is 4.79 Å². The number of nitrogens with zero attached hydrogens (tertiary/aromatic N) is 2. The van der Waals surface area contributed by atoms with Gasteiger partial charge in [0.25, 0.3) is 0 Å². The van der Waals surface area contributed by atoms with Crippen LogP contribution in [0.15, 0.2) is 24.3 Å². The number of likely N-dealkylation sites (N-methyl/N-ethyl adjacent to an activating group) is 1. The highest BCUT2D eigenvalue weighted by molar-refractivity contribution is 5.97. The zero-order valence-electron chi connectivity index (χ0n) is 12.2. The van der Waals surface area contributed by atoms with Gasteiger partial charge in [-0.05, 0) is 46.5 Å². The van der Waals surface area contributed by atoms with E-state index in [1.165, 1.54) is 12.8 Å². The fraction of sp³-hybridized carbons (Fsp3) is 0.562. The Kier molecular flexibility index (Phi) is 4.72. The van der Waals surface area contributed by atoms with Gasteiger partial charge >= 0.3 is 0 Å². The van der Waals surface area contributed by atoms with Crippen LogP contribution in [0.25, 0.3) is 0 Å². The zero-order valence-corrected chi connectivity index (χ0v) is 12.2. The van der Waals surface area contributed by atoms with Gasteiger partial charge in [0.15, 0.2) is 5.78 Å². The van der Waals surface area contributed by atoms with E-state index in [0.29, 0.717) is 12.6 Å². The van der Waals surface area contributed by atoms with Crippen molar-refractivity contribution in [2.75, 3.05) is 33.7 Å². The average molecular weight is 260 g/mol. The van der Waals surface area contributed by atoms with E-state index in [2.05, 4.69) is 23.9 Å². The van der Waals surface area contributed by atoms with E-state index >= 15 is 0 Å². The lowest BCUT2D eigenvalue weighted by Gasteiger charge is -2.26. The van der Waals surface area contributed by atoms with Gasteiger partial charge in [0.05, 0.1) is 6.54 Å². The lowest BCUT2D eigenvalue weighted by molar-refractivity contribution is 0.0910. The summed E-state index contributed by atoms with van der Waals surface area (Å²) in [6.45, 7) is 4.68. The first-order valence-electron chi connectivity index (χ1n) is 7.05. The molecule has 0 spiro atoms. The molecule has 0 saturated carbocycles. The van der Waals surface area contributed by atoms with Crippen molar-refractivity contribution in [3.63, 3.8) is 0 Å². The summed E-state index contributed by atoms with van der Waals surface area (Å²) >= 11 is 0. The van der Waals surface area contributed by atoms with Crippen molar-refractivity contribution in [2.45, 2.75) is 25.8 Å². The molecule has 0 aromatic heterocycles. The van der Waals surface area contributed by atoms with Crippen LogP contribution in [-0.4, -0.2) is 55.4 Å². The topological polar surface area (TPSA) is 23.6 Å². The second-order valence-corrected chi connectivity index (χ2v) is 5.82. The molecule has 3 nitrogen and oxygen atoms in total. The Balaban J connectivity index is 1.98.